The molecule has 1 heterocycles. The van der Waals surface area contributed by atoms with Crippen molar-refractivity contribution in [2.75, 3.05) is 6.61 Å². The summed E-state index contributed by atoms with van der Waals surface area (Å²) >= 11 is 0. The number of aromatic nitrogens is 1. The quantitative estimate of drug-likeness (QED) is 0.736. The van der Waals surface area contributed by atoms with E-state index in [0.717, 1.165) is 24.0 Å². The Bertz CT molecular complexity index is 328. The molecule has 0 atom stereocenters. The Morgan fingerprint density at radius 2 is 2.23 bits per heavy atom. The molecule has 0 bridgehead atoms. The summed E-state index contributed by atoms with van der Waals surface area (Å²) < 4.78 is 1.90. The summed E-state index contributed by atoms with van der Waals surface area (Å²) in [5.41, 5.74) is 2.00. The Labute approximate surface area is 77.0 Å². The third-order valence-corrected chi connectivity index (χ3v) is 2.47. The van der Waals surface area contributed by atoms with E-state index < -0.39 is 0 Å². The van der Waals surface area contributed by atoms with E-state index in [1.165, 1.54) is 0 Å². The average Bonchev–Trinajstić information content (AvgIpc) is 2.49. The first kappa shape index (κ1) is 8.51. The van der Waals surface area contributed by atoms with Crippen molar-refractivity contribution in [3.05, 3.63) is 23.5 Å². The Kier molecular flexibility index (Phi) is 2.19. The zero-order valence-corrected chi connectivity index (χ0v) is 7.49. The molecule has 0 aromatic carbocycles. The number of carbonyl (C=O) groups is 1. The van der Waals surface area contributed by atoms with Crippen LogP contribution in [0.5, 0.6) is 0 Å². The molecule has 3 nitrogen and oxygen atoms in total. The first-order chi connectivity index (χ1) is 6.31. The van der Waals surface area contributed by atoms with Crippen LogP contribution in [0.25, 0.3) is 0 Å². The van der Waals surface area contributed by atoms with Crippen molar-refractivity contribution in [2.24, 2.45) is 0 Å². The maximum absolute atomic E-state index is 11.4. The van der Waals surface area contributed by atoms with Gasteiger partial charge in [-0.1, -0.05) is 0 Å². The molecular formula is C10H13NO2. The van der Waals surface area contributed by atoms with E-state index in [2.05, 4.69) is 0 Å². The number of nitrogens with zero attached hydrogens (tertiary/aromatic N) is 1. The smallest absolute Gasteiger partial charge is 0.164 e. The molecule has 0 saturated heterocycles. The molecule has 1 aliphatic rings. The van der Waals surface area contributed by atoms with Gasteiger partial charge in [0.1, 0.15) is 0 Å². The number of hydrogen-bond acceptors (Lipinski definition) is 2. The van der Waals surface area contributed by atoms with Crippen molar-refractivity contribution in [1.82, 2.24) is 4.57 Å². The summed E-state index contributed by atoms with van der Waals surface area (Å²) in [6.45, 7) is 0.710. The van der Waals surface area contributed by atoms with Crippen LogP contribution < -0.4 is 0 Å². The largest absolute Gasteiger partial charge is 0.395 e. The van der Waals surface area contributed by atoms with Crippen LogP contribution in [0.2, 0.25) is 0 Å². The third kappa shape index (κ3) is 1.52. The molecule has 0 unspecified atom stereocenters. The molecule has 1 N–H and O–H groups in total. The van der Waals surface area contributed by atoms with E-state index in [0.29, 0.717) is 13.0 Å². The van der Waals surface area contributed by atoms with Crippen molar-refractivity contribution in [1.29, 1.82) is 0 Å². The minimum Gasteiger partial charge on any atom is -0.395 e. The standard InChI is InChI=1S/C10H13NO2/c12-5-4-11-6-8-2-1-3-10(13)9(8)7-11/h6-7,12H,1-5H2. The SMILES string of the molecule is O=C1CCCc2cn(CCO)cc21. The first-order valence-electron chi connectivity index (χ1n) is 4.64. The van der Waals surface area contributed by atoms with Gasteiger partial charge >= 0.3 is 0 Å². The molecule has 0 spiro atoms. The minimum absolute atomic E-state index is 0.127. The predicted molar refractivity (Wildman–Crippen MR) is 48.8 cm³/mol. The number of rotatable bonds is 2. The van der Waals surface area contributed by atoms with Gasteiger partial charge in [0.15, 0.2) is 5.78 Å². The summed E-state index contributed by atoms with van der Waals surface area (Å²) in [4.78, 5) is 11.4. The Morgan fingerprint density at radius 3 is 2.92 bits per heavy atom. The third-order valence-electron chi connectivity index (χ3n) is 2.47. The summed E-state index contributed by atoms with van der Waals surface area (Å²) in [6.07, 6.45) is 6.47. The van der Waals surface area contributed by atoms with Crippen LogP contribution in [0.1, 0.15) is 28.8 Å². The molecule has 0 saturated carbocycles. The number of aryl methyl sites for hydroxylation is 1. The zero-order valence-electron chi connectivity index (χ0n) is 7.49. The first-order valence-corrected chi connectivity index (χ1v) is 4.64. The lowest BCUT2D eigenvalue weighted by Crippen LogP contribution is -2.07. The van der Waals surface area contributed by atoms with Crippen LogP contribution in [0, 0.1) is 0 Å². The highest BCUT2D eigenvalue weighted by Gasteiger charge is 2.18. The molecule has 1 aromatic rings. The average molecular weight is 179 g/mol. The number of aliphatic hydroxyl groups is 1. The van der Waals surface area contributed by atoms with Crippen molar-refractivity contribution in [3.63, 3.8) is 0 Å². The normalized spacial score (nSPS) is 15.9. The van der Waals surface area contributed by atoms with Gasteiger partial charge in [-0.2, -0.15) is 0 Å². The highest BCUT2D eigenvalue weighted by atomic mass is 16.3. The topological polar surface area (TPSA) is 42.2 Å². The van der Waals surface area contributed by atoms with Gasteiger partial charge in [0.2, 0.25) is 0 Å². The molecule has 2 rings (SSSR count). The van der Waals surface area contributed by atoms with Gasteiger partial charge in [-0.15, -0.1) is 0 Å². The fourth-order valence-electron chi connectivity index (χ4n) is 1.82. The summed E-state index contributed by atoms with van der Waals surface area (Å²) in [7, 11) is 0. The van der Waals surface area contributed by atoms with Crippen molar-refractivity contribution < 1.29 is 9.90 Å². The number of ketones is 1. The molecular weight excluding hydrogens is 166 g/mol. The molecule has 0 amide bonds. The lowest BCUT2D eigenvalue weighted by atomic mass is 9.95. The van der Waals surface area contributed by atoms with E-state index in [4.69, 9.17) is 5.11 Å². The number of fused-ring (bicyclic) bond motifs is 1. The maximum atomic E-state index is 11.4. The van der Waals surface area contributed by atoms with Gasteiger partial charge < -0.3 is 9.67 Å². The number of hydrogen-bond donors (Lipinski definition) is 1. The second kappa shape index (κ2) is 3.34. The van der Waals surface area contributed by atoms with Gasteiger partial charge in [-0.25, -0.2) is 0 Å². The zero-order chi connectivity index (χ0) is 9.26. The van der Waals surface area contributed by atoms with Gasteiger partial charge in [0.25, 0.3) is 0 Å². The Morgan fingerprint density at radius 1 is 1.38 bits per heavy atom. The van der Waals surface area contributed by atoms with E-state index >= 15 is 0 Å². The van der Waals surface area contributed by atoms with Crippen molar-refractivity contribution >= 4 is 5.78 Å². The lowest BCUT2D eigenvalue weighted by Gasteiger charge is -2.07. The summed E-state index contributed by atoms with van der Waals surface area (Å²) in [5.74, 6) is 0.248. The molecule has 70 valence electrons. The van der Waals surface area contributed by atoms with Crippen LogP contribution >= 0.6 is 0 Å². The number of carbonyl (C=O) groups excluding carboxylic acids is 1. The Hall–Kier alpha value is -1.09. The van der Waals surface area contributed by atoms with Gasteiger partial charge in [0.05, 0.1) is 6.61 Å². The van der Waals surface area contributed by atoms with E-state index in [-0.39, 0.29) is 12.4 Å². The van der Waals surface area contributed by atoms with Crippen molar-refractivity contribution in [3.8, 4) is 0 Å². The minimum atomic E-state index is 0.127. The molecule has 1 aromatic heterocycles. The molecule has 0 fully saturated rings. The highest BCUT2D eigenvalue weighted by molar-refractivity contribution is 5.98. The fourth-order valence-corrected chi connectivity index (χ4v) is 1.82. The molecule has 3 heteroatoms. The van der Waals surface area contributed by atoms with E-state index in [1.54, 1.807) is 0 Å². The van der Waals surface area contributed by atoms with Crippen LogP contribution in [0.3, 0.4) is 0 Å². The van der Waals surface area contributed by atoms with Crippen LogP contribution in [-0.4, -0.2) is 22.1 Å². The van der Waals surface area contributed by atoms with Gasteiger partial charge in [-0.3, -0.25) is 4.79 Å². The van der Waals surface area contributed by atoms with Gasteiger partial charge in [0, 0.05) is 30.9 Å². The summed E-state index contributed by atoms with van der Waals surface area (Å²) in [5, 5.41) is 8.74. The second-order valence-electron chi connectivity index (χ2n) is 3.44. The number of Topliss-reactive ketones (excluding diaryl/α,β-unsaturated/α-hetero) is 1. The molecule has 0 aliphatic heterocycles. The van der Waals surface area contributed by atoms with Crippen LogP contribution in [-0.2, 0) is 13.0 Å². The molecule has 0 radical (unpaired) electrons. The van der Waals surface area contributed by atoms with Crippen LogP contribution in [0.15, 0.2) is 12.4 Å². The highest BCUT2D eigenvalue weighted by Crippen LogP contribution is 2.21. The van der Waals surface area contributed by atoms with E-state index in [1.807, 2.05) is 17.0 Å². The molecule has 1 aliphatic carbocycles. The predicted octanol–water partition coefficient (Wildman–Crippen LogP) is 0.999. The van der Waals surface area contributed by atoms with Crippen LogP contribution in [0.4, 0.5) is 0 Å². The Balaban J connectivity index is 2.31. The van der Waals surface area contributed by atoms with Crippen molar-refractivity contribution in [2.45, 2.75) is 25.8 Å². The lowest BCUT2D eigenvalue weighted by molar-refractivity contribution is 0.0972. The summed E-state index contributed by atoms with van der Waals surface area (Å²) in [6, 6.07) is 0. The van der Waals surface area contributed by atoms with E-state index in [9.17, 15) is 4.79 Å². The molecule has 13 heavy (non-hydrogen) atoms. The fraction of sp³-hybridized carbons (Fsp3) is 0.500. The number of aliphatic hydroxyl groups excluding tert-OH is 1. The monoisotopic (exact) mass is 179 g/mol. The second-order valence-corrected chi connectivity index (χ2v) is 3.44. The maximum Gasteiger partial charge on any atom is 0.164 e. The van der Waals surface area contributed by atoms with Gasteiger partial charge in [-0.05, 0) is 18.4 Å².